The van der Waals surface area contributed by atoms with Crippen molar-refractivity contribution in [2.75, 3.05) is 0 Å². The van der Waals surface area contributed by atoms with Gasteiger partial charge in [0, 0.05) is 18.1 Å². The monoisotopic (exact) mass is 213 g/mol. The number of nitriles is 1. The molecule has 0 aromatic rings. The number of ketones is 1. The Balaban J connectivity index is 0.000000251. The molecule has 2 aliphatic carbocycles. The number of fused-ring (bicyclic) bond motifs is 2. The number of carbonyl (C=O) groups is 1. The molecule has 0 aliphatic heterocycles. The highest BCUT2D eigenvalue weighted by Crippen LogP contribution is 2.40. The van der Waals surface area contributed by atoms with Crippen LogP contribution in [0.3, 0.4) is 0 Å². The third-order valence-corrected chi connectivity index (χ3v) is 2.45. The van der Waals surface area contributed by atoms with Crippen LogP contribution in [0.2, 0.25) is 0 Å². The van der Waals surface area contributed by atoms with Gasteiger partial charge in [0.25, 0.3) is 0 Å². The van der Waals surface area contributed by atoms with Gasteiger partial charge in [0.1, 0.15) is 0 Å². The number of nitrogens with zero attached hydrogens (tertiary/aromatic N) is 1. The van der Waals surface area contributed by atoms with Crippen molar-refractivity contribution in [2.45, 2.75) is 6.92 Å². The second kappa shape index (κ2) is 3.78. The smallest absolute Gasteiger partial charge is 0.196 e. The minimum absolute atomic E-state index is 0.0463. The molecule has 0 saturated heterocycles. The average molecular weight is 214 g/mol. The largest absolute Gasteiger partial charge is 0.288 e. The number of carbonyl (C=O) groups excluding carboxylic acids is 1. The molecule has 13 heavy (non-hydrogen) atoms. The van der Waals surface area contributed by atoms with Gasteiger partial charge in [0.05, 0.1) is 16.1 Å². The molecule has 0 amide bonds. The predicted octanol–water partition coefficient (Wildman–Crippen LogP) is 2.65. The second-order valence-corrected chi connectivity index (χ2v) is 3.10. The van der Waals surface area contributed by atoms with Gasteiger partial charge in [-0.2, -0.15) is 5.26 Å². The first-order valence-electron chi connectivity index (χ1n) is 3.47. The summed E-state index contributed by atoms with van der Waals surface area (Å²) in [4.78, 5) is 11.0. The minimum Gasteiger partial charge on any atom is -0.288 e. The molecule has 0 aromatic heterocycles. The second-order valence-electron chi connectivity index (χ2n) is 2.34. The molecule has 0 spiro atoms. The molecule has 0 radical (unpaired) electrons. The fourth-order valence-corrected chi connectivity index (χ4v) is 1.55. The number of hydrogen-bond donors (Lipinski definition) is 0. The Morgan fingerprint density at radius 2 is 1.54 bits per heavy atom. The molecule has 0 atom stereocenters. The van der Waals surface area contributed by atoms with E-state index in [1.807, 2.05) is 0 Å². The van der Waals surface area contributed by atoms with E-state index >= 15 is 0 Å². The lowest BCUT2D eigenvalue weighted by atomic mass is 10.2. The van der Waals surface area contributed by atoms with E-state index in [0.29, 0.717) is 21.2 Å². The summed E-state index contributed by atoms with van der Waals surface area (Å²) in [6.45, 7) is 1.43. The zero-order valence-corrected chi connectivity index (χ0v) is 8.28. The van der Waals surface area contributed by atoms with Crippen molar-refractivity contribution in [2.24, 2.45) is 0 Å². The molecule has 0 fully saturated rings. The van der Waals surface area contributed by atoms with Crippen LogP contribution in [0.15, 0.2) is 33.4 Å². The first-order valence-corrected chi connectivity index (χ1v) is 4.22. The van der Waals surface area contributed by atoms with E-state index in [2.05, 4.69) is 0 Å². The highest BCUT2D eigenvalue weighted by atomic mass is 35.5. The minimum atomic E-state index is -0.0463. The van der Waals surface area contributed by atoms with Crippen LogP contribution in [0.5, 0.6) is 0 Å². The van der Waals surface area contributed by atoms with Crippen molar-refractivity contribution in [1.82, 2.24) is 0 Å². The molecule has 4 heteroatoms. The number of hydrogen-bond acceptors (Lipinski definition) is 2. The van der Waals surface area contributed by atoms with Crippen molar-refractivity contribution >= 4 is 29.0 Å². The molecule has 0 heterocycles. The average Bonchev–Trinajstić information content (AvgIpc) is 2.53. The molecule has 0 saturated carbocycles. The van der Waals surface area contributed by atoms with E-state index in [1.54, 1.807) is 18.2 Å². The van der Waals surface area contributed by atoms with Gasteiger partial charge < -0.3 is 0 Å². The summed E-state index contributed by atoms with van der Waals surface area (Å²) in [5.74, 6) is -0.0463. The maximum Gasteiger partial charge on any atom is 0.196 e. The first-order chi connectivity index (χ1) is 6.13. The van der Waals surface area contributed by atoms with Crippen molar-refractivity contribution in [3.63, 3.8) is 0 Å². The van der Waals surface area contributed by atoms with Crippen LogP contribution in [-0.2, 0) is 4.79 Å². The zero-order valence-electron chi connectivity index (χ0n) is 6.77. The lowest BCUT2D eigenvalue weighted by molar-refractivity contribution is -0.111. The Bertz CT molecular complexity index is 366. The predicted molar refractivity (Wildman–Crippen MR) is 51.2 cm³/mol. The first kappa shape index (κ1) is 10.0. The van der Waals surface area contributed by atoms with Gasteiger partial charge in [-0.15, -0.1) is 0 Å². The molecule has 2 aliphatic rings. The Hall–Kier alpha value is -1.04. The van der Waals surface area contributed by atoms with E-state index in [0.717, 1.165) is 0 Å². The molecule has 2 bridgehead atoms. The van der Waals surface area contributed by atoms with Crippen LogP contribution in [-0.4, -0.2) is 5.78 Å². The third kappa shape index (κ3) is 1.53. The fourth-order valence-electron chi connectivity index (χ4n) is 1.05. The van der Waals surface area contributed by atoms with Crippen molar-refractivity contribution in [3.05, 3.63) is 33.4 Å². The number of rotatable bonds is 0. The lowest BCUT2D eigenvalue weighted by Gasteiger charge is -1.92. The lowest BCUT2D eigenvalue weighted by Crippen LogP contribution is -1.90. The Kier molecular flexibility index (Phi) is 2.92. The highest BCUT2D eigenvalue weighted by Gasteiger charge is 2.31. The quantitative estimate of drug-likeness (QED) is 0.621. The summed E-state index contributed by atoms with van der Waals surface area (Å²) in [5.41, 5.74) is 1.06. The van der Waals surface area contributed by atoms with Gasteiger partial charge in [-0.05, 0) is 12.2 Å². The van der Waals surface area contributed by atoms with Gasteiger partial charge >= 0.3 is 0 Å². The topological polar surface area (TPSA) is 40.9 Å². The number of halogens is 2. The van der Waals surface area contributed by atoms with Gasteiger partial charge in [0.2, 0.25) is 0 Å². The van der Waals surface area contributed by atoms with Crippen LogP contribution in [0, 0.1) is 11.3 Å². The summed E-state index contributed by atoms with van der Waals surface area (Å²) in [5, 5.41) is 8.10. The fraction of sp³-hybridized carbons (Fsp3) is 0.111. The summed E-state index contributed by atoms with van der Waals surface area (Å²) >= 11 is 11.3. The van der Waals surface area contributed by atoms with Crippen LogP contribution in [0.1, 0.15) is 6.92 Å². The maximum absolute atomic E-state index is 11.0. The molecule has 2 nitrogen and oxygen atoms in total. The van der Waals surface area contributed by atoms with Crippen molar-refractivity contribution < 1.29 is 4.79 Å². The normalized spacial score (nSPS) is 17.5. The van der Waals surface area contributed by atoms with E-state index < -0.39 is 0 Å². The van der Waals surface area contributed by atoms with Crippen LogP contribution >= 0.6 is 23.2 Å². The molecule has 2 rings (SSSR count). The maximum atomic E-state index is 11.0. The van der Waals surface area contributed by atoms with E-state index in [4.69, 9.17) is 28.5 Å². The van der Waals surface area contributed by atoms with Gasteiger partial charge in [-0.1, -0.05) is 23.2 Å². The zero-order chi connectivity index (χ0) is 10.0. The molecule has 0 unspecified atom stereocenters. The van der Waals surface area contributed by atoms with Gasteiger partial charge in [0.15, 0.2) is 5.78 Å². The summed E-state index contributed by atoms with van der Waals surface area (Å²) in [6.07, 6.45) is 3.37. The van der Waals surface area contributed by atoms with Gasteiger partial charge in [-0.25, -0.2) is 0 Å². The summed E-state index contributed by atoms with van der Waals surface area (Å²) in [6, 6.07) is 1.75. The molecule has 66 valence electrons. The van der Waals surface area contributed by atoms with Crippen LogP contribution < -0.4 is 0 Å². The molecule has 0 N–H and O–H groups in total. The molecular weight excluding hydrogens is 209 g/mol. The van der Waals surface area contributed by atoms with Crippen LogP contribution in [0.4, 0.5) is 0 Å². The Morgan fingerprint density at radius 1 is 1.23 bits per heavy atom. The third-order valence-electron chi connectivity index (χ3n) is 1.57. The summed E-state index contributed by atoms with van der Waals surface area (Å²) < 4.78 is 0. The number of allylic oxidation sites excluding steroid dienone is 6. The molecular formula is C9H5Cl2NO. The standard InChI is InChI=1S/C7H2Cl2O.C2H3N/c8-5-3-1-2-4(6(5)9)7(3)10;1-2-3/h1-2H;1H3. The van der Waals surface area contributed by atoms with E-state index in [1.165, 1.54) is 6.92 Å². The van der Waals surface area contributed by atoms with Crippen molar-refractivity contribution in [3.8, 4) is 6.07 Å². The summed E-state index contributed by atoms with van der Waals surface area (Å²) in [7, 11) is 0. The van der Waals surface area contributed by atoms with Crippen LogP contribution in [0.25, 0.3) is 0 Å². The highest BCUT2D eigenvalue weighted by molar-refractivity contribution is 6.50. The Labute approximate surface area is 85.7 Å². The Morgan fingerprint density at radius 3 is 1.69 bits per heavy atom. The molecule has 0 aromatic carbocycles. The van der Waals surface area contributed by atoms with Gasteiger partial charge in [-0.3, -0.25) is 4.79 Å². The van der Waals surface area contributed by atoms with E-state index in [-0.39, 0.29) is 5.78 Å². The van der Waals surface area contributed by atoms with Crippen molar-refractivity contribution in [1.29, 1.82) is 5.26 Å². The SMILES string of the molecule is CC#N.O=C1C2=C(Cl)C(Cl)=C1C=C2. The van der Waals surface area contributed by atoms with E-state index in [9.17, 15) is 4.79 Å². The number of Topliss-reactive ketones (excluding diaryl/α,β-unsaturated/α-hetero) is 1.